The first kappa shape index (κ1) is 25.0. The van der Waals surface area contributed by atoms with Crippen molar-refractivity contribution in [2.45, 2.75) is 39.5 Å². The maximum absolute atomic E-state index is 13.7. The molecule has 0 radical (unpaired) electrons. The number of rotatable bonds is 10. The second kappa shape index (κ2) is 12.0. The average molecular weight is 480 g/mol. The van der Waals surface area contributed by atoms with E-state index in [1.54, 1.807) is 17.0 Å². The van der Waals surface area contributed by atoms with E-state index in [-0.39, 0.29) is 24.4 Å². The van der Waals surface area contributed by atoms with Gasteiger partial charge in [0.25, 0.3) is 5.91 Å². The smallest absolute Gasteiger partial charge is 0.254 e. The van der Waals surface area contributed by atoms with Gasteiger partial charge in [-0.05, 0) is 49.2 Å². The number of nitrogens with zero attached hydrogens (tertiary/aromatic N) is 3. The maximum atomic E-state index is 13.7. The van der Waals surface area contributed by atoms with Crippen LogP contribution in [-0.2, 0) is 24.4 Å². The predicted molar refractivity (Wildman–Crippen MR) is 143 cm³/mol. The standard InChI is InChI=1S/C31H33N3O2/c1-25(2)34(31(36)28-17-10-5-11-18-28)24-30(35)33(22-27-15-8-4-9-16-27)23-29-19-12-20-32(29)21-26-13-6-3-7-14-26/h3-20,25H,21-24H2,1-2H3. The zero-order valence-electron chi connectivity index (χ0n) is 21.0. The fraction of sp³-hybridized carbons (Fsp3) is 0.226. The summed E-state index contributed by atoms with van der Waals surface area (Å²) < 4.78 is 2.18. The highest BCUT2D eigenvalue weighted by atomic mass is 16.2. The molecule has 0 atom stereocenters. The number of aromatic nitrogens is 1. The lowest BCUT2D eigenvalue weighted by molar-refractivity contribution is -0.133. The van der Waals surface area contributed by atoms with E-state index in [4.69, 9.17) is 0 Å². The van der Waals surface area contributed by atoms with Crippen molar-refractivity contribution in [1.82, 2.24) is 14.4 Å². The van der Waals surface area contributed by atoms with Gasteiger partial charge in [0.2, 0.25) is 5.91 Å². The molecule has 0 unspecified atom stereocenters. The minimum Gasteiger partial charge on any atom is -0.345 e. The summed E-state index contributed by atoms with van der Waals surface area (Å²) in [5.74, 6) is -0.213. The Bertz CT molecular complexity index is 1250. The minimum atomic E-state index is -0.133. The molecular formula is C31H33N3O2. The monoisotopic (exact) mass is 479 g/mol. The van der Waals surface area contributed by atoms with E-state index in [9.17, 15) is 9.59 Å². The van der Waals surface area contributed by atoms with Crippen LogP contribution in [0.25, 0.3) is 0 Å². The molecular weight excluding hydrogens is 446 g/mol. The summed E-state index contributed by atoms with van der Waals surface area (Å²) in [5, 5.41) is 0. The summed E-state index contributed by atoms with van der Waals surface area (Å²) >= 11 is 0. The SMILES string of the molecule is CC(C)N(CC(=O)N(Cc1ccccc1)Cc1cccn1Cc1ccccc1)C(=O)c1ccccc1. The van der Waals surface area contributed by atoms with Gasteiger partial charge in [0, 0.05) is 36.6 Å². The van der Waals surface area contributed by atoms with Gasteiger partial charge in [-0.1, -0.05) is 78.9 Å². The fourth-order valence-corrected chi connectivity index (χ4v) is 4.24. The molecule has 0 bridgehead atoms. The predicted octanol–water partition coefficient (Wildman–Crippen LogP) is 5.62. The molecule has 3 aromatic carbocycles. The average Bonchev–Trinajstić information content (AvgIpc) is 3.34. The Hall–Kier alpha value is -4.12. The summed E-state index contributed by atoms with van der Waals surface area (Å²) in [6, 6.07) is 33.4. The molecule has 0 saturated carbocycles. The Morgan fingerprint density at radius 1 is 0.722 bits per heavy atom. The van der Waals surface area contributed by atoms with E-state index in [2.05, 4.69) is 22.8 Å². The van der Waals surface area contributed by atoms with Gasteiger partial charge in [-0.15, -0.1) is 0 Å². The third-order valence-corrected chi connectivity index (χ3v) is 6.25. The van der Waals surface area contributed by atoms with Gasteiger partial charge in [0.1, 0.15) is 6.54 Å². The molecule has 5 nitrogen and oxygen atoms in total. The highest BCUT2D eigenvalue weighted by Gasteiger charge is 2.25. The zero-order chi connectivity index (χ0) is 25.3. The number of hydrogen-bond donors (Lipinski definition) is 0. The Morgan fingerprint density at radius 3 is 1.92 bits per heavy atom. The lowest BCUT2D eigenvalue weighted by Gasteiger charge is -2.30. The quantitative estimate of drug-likeness (QED) is 0.297. The van der Waals surface area contributed by atoms with Crippen LogP contribution in [0.2, 0.25) is 0 Å². The second-order valence-electron chi connectivity index (χ2n) is 9.24. The Morgan fingerprint density at radius 2 is 1.31 bits per heavy atom. The highest BCUT2D eigenvalue weighted by molar-refractivity contribution is 5.96. The summed E-state index contributed by atoms with van der Waals surface area (Å²) in [5.41, 5.74) is 3.90. The van der Waals surface area contributed by atoms with Crippen molar-refractivity contribution in [2.24, 2.45) is 0 Å². The fourth-order valence-electron chi connectivity index (χ4n) is 4.24. The highest BCUT2D eigenvalue weighted by Crippen LogP contribution is 2.16. The van der Waals surface area contributed by atoms with Crippen LogP contribution >= 0.6 is 0 Å². The molecule has 0 saturated heterocycles. The van der Waals surface area contributed by atoms with Crippen molar-refractivity contribution in [3.05, 3.63) is 132 Å². The summed E-state index contributed by atoms with van der Waals surface area (Å²) in [7, 11) is 0. The van der Waals surface area contributed by atoms with Gasteiger partial charge in [-0.3, -0.25) is 9.59 Å². The van der Waals surface area contributed by atoms with E-state index in [1.807, 2.05) is 97.7 Å². The van der Waals surface area contributed by atoms with E-state index < -0.39 is 0 Å². The van der Waals surface area contributed by atoms with Gasteiger partial charge < -0.3 is 14.4 Å². The van der Waals surface area contributed by atoms with Crippen LogP contribution in [0.5, 0.6) is 0 Å². The molecule has 0 N–H and O–H groups in total. The zero-order valence-corrected chi connectivity index (χ0v) is 21.0. The molecule has 0 spiro atoms. The summed E-state index contributed by atoms with van der Waals surface area (Å²) in [6.07, 6.45) is 2.05. The van der Waals surface area contributed by atoms with E-state index >= 15 is 0 Å². The van der Waals surface area contributed by atoms with E-state index in [1.165, 1.54) is 5.56 Å². The van der Waals surface area contributed by atoms with Crippen molar-refractivity contribution in [1.29, 1.82) is 0 Å². The molecule has 0 aliphatic rings. The van der Waals surface area contributed by atoms with Crippen LogP contribution in [0, 0.1) is 0 Å². The van der Waals surface area contributed by atoms with Crippen LogP contribution in [0.1, 0.15) is 41.0 Å². The number of benzene rings is 3. The number of carbonyl (C=O) groups excluding carboxylic acids is 2. The molecule has 0 fully saturated rings. The number of hydrogen-bond acceptors (Lipinski definition) is 2. The Labute approximate surface area is 213 Å². The van der Waals surface area contributed by atoms with Gasteiger partial charge in [0.05, 0.1) is 6.54 Å². The largest absolute Gasteiger partial charge is 0.345 e. The molecule has 2 amide bonds. The van der Waals surface area contributed by atoms with Gasteiger partial charge in [-0.2, -0.15) is 0 Å². The van der Waals surface area contributed by atoms with Crippen molar-refractivity contribution in [3.8, 4) is 0 Å². The van der Waals surface area contributed by atoms with E-state index in [0.717, 1.165) is 17.8 Å². The van der Waals surface area contributed by atoms with Gasteiger partial charge in [0.15, 0.2) is 0 Å². The van der Waals surface area contributed by atoms with Crippen LogP contribution in [0.3, 0.4) is 0 Å². The van der Waals surface area contributed by atoms with Crippen LogP contribution in [0.4, 0.5) is 0 Å². The second-order valence-corrected chi connectivity index (χ2v) is 9.24. The van der Waals surface area contributed by atoms with E-state index in [0.29, 0.717) is 18.7 Å². The summed E-state index contributed by atoms with van der Waals surface area (Å²) in [6.45, 7) is 5.58. The van der Waals surface area contributed by atoms with Crippen molar-refractivity contribution < 1.29 is 9.59 Å². The van der Waals surface area contributed by atoms with Crippen molar-refractivity contribution >= 4 is 11.8 Å². The topological polar surface area (TPSA) is 45.6 Å². The molecule has 1 heterocycles. The molecule has 4 rings (SSSR count). The van der Waals surface area contributed by atoms with Crippen molar-refractivity contribution in [2.75, 3.05) is 6.54 Å². The molecule has 36 heavy (non-hydrogen) atoms. The third-order valence-electron chi connectivity index (χ3n) is 6.25. The first-order chi connectivity index (χ1) is 17.5. The lowest BCUT2D eigenvalue weighted by Crippen LogP contribution is -2.45. The number of carbonyl (C=O) groups is 2. The van der Waals surface area contributed by atoms with Crippen LogP contribution in [-0.4, -0.2) is 38.8 Å². The molecule has 1 aromatic heterocycles. The normalized spacial score (nSPS) is 10.9. The molecule has 4 aromatic rings. The van der Waals surface area contributed by atoms with Gasteiger partial charge >= 0.3 is 0 Å². The molecule has 0 aliphatic heterocycles. The Kier molecular flexibility index (Phi) is 8.35. The van der Waals surface area contributed by atoms with Gasteiger partial charge in [-0.25, -0.2) is 0 Å². The van der Waals surface area contributed by atoms with Crippen LogP contribution < -0.4 is 0 Å². The molecule has 184 valence electrons. The minimum absolute atomic E-state index is 0.0254. The Balaban J connectivity index is 1.56. The van der Waals surface area contributed by atoms with Crippen molar-refractivity contribution in [3.63, 3.8) is 0 Å². The maximum Gasteiger partial charge on any atom is 0.254 e. The lowest BCUT2D eigenvalue weighted by atomic mass is 10.1. The van der Waals surface area contributed by atoms with Crippen LogP contribution in [0.15, 0.2) is 109 Å². The summed E-state index contributed by atoms with van der Waals surface area (Å²) in [4.78, 5) is 30.4. The number of amides is 2. The first-order valence-corrected chi connectivity index (χ1v) is 12.4. The molecule has 5 heteroatoms. The third kappa shape index (κ3) is 6.51. The molecule has 0 aliphatic carbocycles. The first-order valence-electron chi connectivity index (χ1n) is 12.4.